The zero-order chi connectivity index (χ0) is 24.1. The van der Waals surface area contributed by atoms with Crippen LogP contribution in [0.25, 0.3) is 17.0 Å². The Balaban J connectivity index is 1.64. The van der Waals surface area contributed by atoms with E-state index in [0.717, 1.165) is 30.2 Å². The van der Waals surface area contributed by atoms with E-state index in [1.807, 2.05) is 48.5 Å². The molecule has 0 saturated heterocycles. The maximum absolute atomic E-state index is 13.5. The molecule has 4 aromatic rings. The molecule has 0 spiro atoms. The van der Waals surface area contributed by atoms with Crippen LogP contribution in [0.15, 0.2) is 96.0 Å². The molecule has 0 bridgehead atoms. The molecule has 0 atom stereocenters. The predicted molar refractivity (Wildman–Crippen MR) is 139 cm³/mol. The zero-order valence-corrected chi connectivity index (χ0v) is 20.3. The molecular weight excluding hydrogens is 442 g/mol. The van der Waals surface area contributed by atoms with Gasteiger partial charge in [0.15, 0.2) is 5.78 Å². The first kappa shape index (κ1) is 23.7. The number of hydrogen-bond donors (Lipinski definition) is 0. The molecule has 0 saturated carbocycles. The van der Waals surface area contributed by atoms with Gasteiger partial charge in [0.1, 0.15) is 0 Å². The van der Waals surface area contributed by atoms with Gasteiger partial charge in [-0.15, -0.1) is 0 Å². The summed E-state index contributed by atoms with van der Waals surface area (Å²) in [7, 11) is -3.79. The highest BCUT2D eigenvalue weighted by Gasteiger charge is 2.20. The van der Waals surface area contributed by atoms with Crippen LogP contribution in [0, 0.1) is 5.92 Å². The van der Waals surface area contributed by atoms with Crippen molar-refractivity contribution in [2.75, 3.05) is 0 Å². The van der Waals surface area contributed by atoms with Crippen LogP contribution in [0.3, 0.4) is 0 Å². The van der Waals surface area contributed by atoms with Gasteiger partial charge in [-0.1, -0.05) is 80.9 Å². The lowest BCUT2D eigenvalue weighted by atomic mass is 10.0. The second-order valence-corrected chi connectivity index (χ2v) is 10.7. The predicted octanol–water partition coefficient (Wildman–Crippen LogP) is 6.75. The van der Waals surface area contributed by atoms with E-state index < -0.39 is 10.0 Å². The van der Waals surface area contributed by atoms with Gasteiger partial charge in [-0.05, 0) is 54.7 Å². The third-order valence-electron chi connectivity index (χ3n) is 5.91. The van der Waals surface area contributed by atoms with Crippen molar-refractivity contribution in [1.29, 1.82) is 0 Å². The number of carbonyl (C=O) groups is 1. The van der Waals surface area contributed by atoms with Crippen LogP contribution in [-0.2, 0) is 16.4 Å². The maximum Gasteiger partial charge on any atom is 0.268 e. The van der Waals surface area contributed by atoms with E-state index in [9.17, 15) is 13.2 Å². The second kappa shape index (κ2) is 10.2. The van der Waals surface area contributed by atoms with Crippen LogP contribution in [0.2, 0.25) is 0 Å². The van der Waals surface area contributed by atoms with Crippen LogP contribution in [0.4, 0.5) is 0 Å². The van der Waals surface area contributed by atoms with E-state index in [4.69, 9.17) is 0 Å². The minimum atomic E-state index is -3.79. The lowest BCUT2D eigenvalue weighted by Gasteiger charge is -2.09. The molecule has 0 N–H and O–H groups in total. The Morgan fingerprint density at radius 3 is 2.29 bits per heavy atom. The normalized spacial score (nSPS) is 12.1. The van der Waals surface area contributed by atoms with Gasteiger partial charge in [0.05, 0.1) is 10.4 Å². The largest absolute Gasteiger partial charge is 0.289 e. The summed E-state index contributed by atoms with van der Waals surface area (Å²) in [6.45, 7) is 4.41. The second-order valence-electron chi connectivity index (χ2n) is 8.90. The highest BCUT2D eigenvalue weighted by molar-refractivity contribution is 7.90. The van der Waals surface area contributed by atoms with E-state index in [2.05, 4.69) is 13.8 Å². The number of nitrogens with zero attached hydrogens (tertiary/aromatic N) is 1. The van der Waals surface area contributed by atoms with E-state index in [1.54, 1.807) is 42.6 Å². The van der Waals surface area contributed by atoms with E-state index in [1.165, 1.54) is 10.0 Å². The number of para-hydroxylation sites is 1. The maximum atomic E-state index is 13.5. The Morgan fingerprint density at radius 1 is 0.912 bits per heavy atom. The van der Waals surface area contributed by atoms with Crippen molar-refractivity contribution < 1.29 is 13.2 Å². The number of aryl methyl sites for hydroxylation is 1. The van der Waals surface area contributed by atoms with Gasteiger partial charge >= 0.3 is 0 Å². The first-order valence-electron chi connectivity index (χ1n) is 11.6. The molecule has 0 fully saturated rings. The van der Waals surface area contributed by atoms with Crippen molar-refractivity contribution in [3.63, 3.8) is 0 Å². The van der Waals surface area contributed by atoms with Crippen LogP contribution in [0.1, 0.15) is 48.2 Å². The molecule has 0 radical (unpaired) electrons. The standard InChI is InChI=1S/C29H29NO3S/c1-22(2)9-8-10-23-15-18-26(19-16-23)34(32,33)30-21-25(27-13-6-7-14-28(27)30)17-20-29(31)24-11-4-3-5-12-24/h3-7,11-22H,8-10H2,1-2H3/b20-17+. The van der Waals surface area contributed by atoms with Crippen molar-refractivity contribution in [3.8, 4) is 0 Å². The molecule has 4 rings (SSSR count). The minimum Gasteiger partial charge on any atom is -0.289 e. The molecule has 174 valence electrons. The van der Waals surface area contributed by atoms with Crippen molar-refractivity contribution in [2.24, 2.45) is 5.92 Å². The SMILES string of the molecule is CC(C)CCCc1ccc(S(=O)(=O)n2cc(/C=C/C(=O)c3ccccc3)c3ccccc32)cc1. The van der Waals surface area contributed by atoms with Crippen LogP contribution in [-0.4, -0.2) is 18.2 Å². The molecule has 0 unspecified atom stereocenters. The third-order valence-corrected chi connectivity index (χ3v) is 7.60. The number of ketones is 1. The lowest BCUT2D eigenvalue weighted by molar-refractivity contribution is 0.104. The minimum absolute atomic E-state index is 0.131. The molecule has 0 aliphatic rings. The fourth-order valence-corrected chi connectivity index (χ4v) is 5.40. The summed E-state index contributed by atoms with van der Waals surface area (Å²) in [6.07, 6.45) is 7.93. The summed E-state index contributed by atoms with van der Waals surface area (Å²) < 4.78 is 28.3. The van der Waals surface area contributed by atoms with Gasteiger partial charge in [0.25, 0.3) is 10.0 Å². The topological polar surface area (TPSA) is 56.1 Å². The van der Waals surface area contributed by atoms with E-state index in [0.29, 0.717) is 22.6 Å². The lowest BCUT2D eigenvalue weighted by Crippen LogP contribution is -2.11. The highest BCUT2D eigenvalue weighted by atomic mass is 32.2. The Labute approximate surface area is 201 Å². The Kier molecular flexibility index (Phi) is 7.13. The number of carbonyl (C=O) groups excluding carboxylic acids is 1. The van der Waals surface area contributed by atoms with Gasteiger partial charge in [-0.3, -0.25) is 4.79 Å². The fraction of sp³-hybridized carbons (Fsp3) is 0.207. The molecule has 4 nitrogen and oxygen atoms in total. The van der Waals surface area contributed by atoms with Gasteiger partial charge in [0.2, 0.25) is 0 Å². The number of rotatable bonds is 9. The smallest absolute Gasteiger partial charge is 0.268 e. The fourth-order valence-electron chi connectivity index (χ4n) is 4.03. The summed E-state index contributed by atoms with van der Waals surface area (Å²) in [5, 5.41) is 0.772. The average molecular weight is 472 g/mol. The summed E-state index contributed by atoms with van der Waals surface area (Å²) in [6, 6.07) is 23.5. The molecule has 0 amide bonds. The van der Waals surface area contributed by atoms with Gasteiger partial charge in [-0.2, -0.15) is 0 Å². The number of benzene rings is 3. The summed E-state index contributed by atoms with van der Waals surface area (Å²) >= 11 is 0. The summed E-state index contributed by atoms with van der Waals surface area (Å²) in [5.41, 5.74) is 2.98. The molecule has 1 heterocycles. The zero-order valence-electron chi connectivity index (χ0n) is 19.5. The number of allylic oxidation sites excluding steroid dienone is 1. The van der Waals surface area contributed by atoms with E-state index >= 15 is 0 Å². The quantitative estimate of drug-likeness (QED) is 0.200. The van der Waals surface area contributed by atoms with Crippen molar-refractivity contribution in [1.82, 2.24) is 3.97 Å². The summed E-state index contributed by atoms with van der Waals surface area (Å²) in [4.78, 5) is 12.8. The summed E-state index contributed by atoms with van der Waals surface area (Å²) in [5.74, 6) is 0.529. The molecule has 3 aromatic carbocycles. The van der Waals surface area contributed by atoms with Gasteiger partial charge < -0.3 is 0 Å². The Bertz CT molecular complexity index is 1410. The Morgan fingerprint density at radius 2 is 1.59 bits per heavy atom. The molecule has 0 aliphatic heterocycles. The molecule has 34 heavy (non-hydrogen) atoms. The van der Waals surface area contributed by atoms with Crippen molar-refractivity contribution in [3.05, 3.63) is 108 Å². The molecule has 5 heteroatoms. The monoisotopic (exact) mass is 471 g/mol. The van der Waals surface area contributed by atoms with Gasteiger partial charge in [0, 0.05) is 22.7 Å². The Hall–Kier alpha value is -3.44. The average Bonchev–Trinajstić information content (AvgIpc) is 3.23. The van der Waals surface area contributed by atoms with Crippen LogP contribution >= 0.6 is 0 Å². The number of hydrogen-bond acceptors (Lipinski definition) is 3. The highest BCUT2D eigenvalue weighted by Crippen LogP contribution is 2.27. The molecule has 1 aromatic heterocycles. The van der Waals surface area contributed by atoms with Crippen molar-refractivity contribution in [2.45, 2.75) is 38.0 Å². The number of aromatic nitrogens is 1. The van der Waals surface area contributed by atoms with Crippen LogP contribution < -0.4 is 0 Å². The van der Waals surface area contributed by atoms with Crippen molar-refractivity contribution >= 4 is 32.8 Å². The van der Waals surface area contributed by atoms with Gasteiger partial charge in [-0.25, -0.2) is 12.4 Å². The number of fused-ring (bicyclic) bond motifs is 1. The third kappa shape index (κ3) is 5.20. The first-order chi connectivity index (χ1) is 16.4. The first-order valence-corrected chi connectivity index (χ1v) is 13.0. The van der Waals surface area contributed by atoms with E-state index in [-0.39, 0.29) is 10.7 Å². The molecule has 0 aliphatic carbocycles. The molecular formula is C29H29NO3S. The van der Waals surface area contributed by atoms with Crippen LogP contribution in [0.5, 0.6) is 0 Å².